The first kappa shape index (κ1) is 17.9. The Labute approximate surface area is 138 Å². The summed E-state index contributed by atoms with van der Waals surface area (Å²) in [6.45, 7) is 12.5. The van der Waals surface area contributed by atoms with Crippen molar-refractivity contribution in [1.82, 2.24) is 10.2 Å². The molecule has 0 unspecified atom stereocenters. The molecule has 6 nitrogen and oxygen atoms in total. The number of alkyl carbamates (subject to hydrolysis) is 1. The first-order chi connectivity index (χ1) is 10.4. The molecule has 2 rings (SSSR count). The van der Waals surface area contributed by atoms with Gasteiger partial charge in [-0.15, -0.1) is 0 Å². The minimum atomic E-state index is -0.480. The summed E-state index contributed by atoms with van der Waals surface area (Å²) in [7, 11) is 0. The molecule has 2 aliphatic rings. The Bertz CT molecular complexity index is 470. The van der Waals surface area contributed by atoms with Gasteiger partial charge in [0, 0.05) is 18.6 Å². The van der Waals surface area contributed by atoms with Gasteiger partial charge in [-0.25, -0.2) is 9.59 Å². The number of ether oxygens (including phenoxy) is 2. The number of rotatable bonds is 2. The molecule has 1 spiro atoms. The number of hydrogen-bond acceptors (Lipinski definition) is 4. The van der Waals surface area contributed by atoms with Crippen molar-refractivity contribution in [2.45, 2.75) is 77.5 Å². The Morgan fingerprint density at radius 3 is 2.09 bits per heavy atom. The van der Waals surface area contributed by atoms with E-state index in [-0.39, 0.29) is 17.7 Å². The van der Waals surface area contributed by atoms with Crippen LogP contribution in [0.3, 0.4) is 0 Å². The van der Waals surface area contributed by atoms with Crippen molar-refractivity contribution in [2.75, 3.05) is 13.1 Å². The Morgan fingerprint density at radius 1 is 1.09 bits per heavy atom. The summed E-state index contributed by atoms with van der Waals surface area (Å²) in [5.74, 6) is 0.396. The average Bonchev–Trinajstić information content (AvgIpc) is 2.19. The number of nitrogens with one attached hydrogen (secondary N) is 1. The number of carbonyl (C=O) groups excluding carboxylic acids is 2. The van der Waals surface area contributed by atoms with Gasteiger partial charge in [-0.3, -0.25) is 0 Å². The van der Waals surface area contributed by atoms with Crippen LogP contribution < -0.4 is 5.32 Å². The molecule has 23 heavy (non-hydrogen) atoms. The van der Waals surface area contributed by atoms with E-state index in [1.165, 1.54) is 0 Å². The largest absolute Gasteiger partial charge is 0.444 e. The average molecular weight is 326 g/mol. The van der Waals surface area contributed by atoms with Gasteiger partial charge in [-0.05, 0) is 66.7 Å². The Kier molecular flexibility index (Phi) is 4.57. The molecule has 2 fully saturated rings. The SMILES string of the molecule is CC(C)(C)OC(=O)NCC1CC2(CCN2C(=O)OC(C)(C)C)C1. The second-order valence-electron chi connectivity index (χ2n) is 8.76. The maximum Gasteiger partial charge on any atom is 0.410 e. The highest BCUT2D eigenvalue weighted by Crippen LogP contribution is 2.50. The highest BCUT2D eigenvalue weighted by Gasteiger charge is 2.56. The fourth-order valence-corrected chi connectivity index (χ4v) is 3.27. The Balaban J connectivity index is 1.73. The van der Waals surface area contributed by atoms with Crippen molar-refractivity contribution in [3.05, 3.63) is 0 Å². The van der Waals surface area contributed by atoms with Crippen LogP contribution >= 0.6 is 0 Å². The summed E-state index contributed by atoms with van der Waals surface area (Å²) in [4.78, 5) is 25.7. The molecule has 1 N–H and O–H groups in total. The third-order valence-electron chi connectivity index (χ3n) is 4.26. The predicted octanol–water partition coefficient (Wildman–Crippen LogP) is 3.30. The third kappa shape index (κ3) is 4.52. The van der Waals surface area contributed by atoms with Gasteiger partial charge in [0.05, 0.1) is 0 Å². The molecule has 0 radical (unpaired) electrons. The van der Waals surface area contributed by atoms with Gasteiger partial charge >= 0.3 is 12.2 Å². The molecule has 1 aliphatic carbocycles. The second-order valence-corrected chi connectivity index (χ2v) is 8.76. The van der Waals surface area contributed by atoms with Crippen LogP contribution in [0.2, 0.25) is 0 Å². The first-order valence-corrected chi connectivity index (χ1v) is 8.38. The van der Waals surface area contributed by atoms with E-state index in [4.69, 9.17) is 9.47 Å². The highest BCUT2D eigenvalue weighted by molar-refractivity contribution is 5.71. The van der Waals surface area contributed by atoms with Gasteiger partial charge in [-0.2, -0.15) is 0 Å². The molecule has 0 aromatic heterocycles. The third-order valence-corrected chi connectivity index (χ3v) is 4.26. The summed E-state index contributed by atoms with van der Waals surface area (Å²) in [5.41, 5.74) is -0.982. The van der Waals surface area contributed by atoms with Gasteiger partial charge in [0.15, 0.2) is 0 Å². The molecular weight excluding hydrogens is 296 g/mol. The van der Waals surface area contributed by atoms with Crippen LogP contribution in [0, 0.1) is 5.92 Å². The molecule has 1 aliphatic heterocycles. The molecular formula is C17H30N2O4. The predicted molar refractivity (Wildman–Crippen MR) is 87.2 cm³/mol. The maximum atomic E-state index is 12.2. The Hall–Kier alpha value is -1.46. The van der Waals surface area contributed by atoms with Crippen molar-refractivity contribution in [1.29, 1.82) is 0 Å². The van der Waals surface area contributed by atoms with Crippen molar-refractivity contribution in [2.24, 2.45) is 5.92 Å². The molecule has 1 saturated carbocycles. The summed E-state index contributed by atoms with van der Waals surface area (Å²) in [5, 5.41) is 2.81. The quantitative estimate of drug-likeness (QED) is 0.845. The lowest BCUT2D eigenvalue weighted by Crippen LogP contribution is -2.69. The van der Waals surface area contributed by atoms with Crippen molar-refractivity contribution in [3.8, 4) is 0 Å². The molecule has 6 heteroatoms. The summed E-state index contributed by atoms with van der Waals surface area (Å²) in [6.07, 6.45) is 2.26. The van der Waals surface area contributed by atoms with Crippen LogP contribution in [0.15, 0.2) is 0 Å². The van der Waals surface area contributed by atoms with E-state index in [1.807, 2.05) is 46.4 Å². The number of likely N-dealkylation sites (tertiary alicyclic amines) is 1. The van der Waals surface area contributed by atoms with Crippen LogP contribution in [0.4, 0.5) is 9.59 Å². The van der Waals surface area contributed by atoms with Crippen molar-refractivity contribution >= 4 is 12.2 Å². The molecule has 2 amide bonds. The standard InChI is InChI=1S/C17H30N2O4/c1-15(2,3)22-13(20)18-11-12-9-17(10-12)7-8-19(17)14(21)23-16(4,5)6/h12H,7-11H2,1-6H3,(H,18,20). The first-order valence-electron chi connectivity index (χ1n) is 8.38. The van der Waals surface area contributed by atoms with Gasteiger partial charge < -0.3 is 19.7 Å². The minimum Gasteiger partial charge on any atom is -0.444 e. The topological polar surface area (TPSA) is 67.9 Å². The van der Waals surface area contributed by atoms with Crippen molar-refractivity contribution < 1.29 is 19.1 Å². The lowest BCUT2D eigenvalue weighted by molar-refractivity contribution is -0.102. The summed E-state index contributed by atoms with van der Waals surface area (Å²) < 4.78 is 10.7. The lowest BCUT2D eigenvalue weighted by Gasteiger charge is -2.61. The molecule has 0 bridgehead atoms. The zero-order valence-electron chi connectivity index (χ0n) is 15.2. The lowest BCUT2D eigenvalue weighted by atomic mass is 9.61. The van der Waals surface area contributed by atoms with Gasteiger partial charge in [0.25, 0.3) is 0 Å². The monoisotopic (exact) mass is 326 g/mol. The minimum absolute atomic E-state index is 0.0391. The number of nitrogens with zero attached hydrogens (tertiary/aromatic N) is 1. The van der Waals surface area contributed by atoms with Gasteiger partial charge in [-0.1, -0.05) is 0 Å². The van der Waals surface area contributed by atoms with E-state index in [1.54, 1.807) is 0 Å². The van der Waals surface area contributed by atoms with E-state index in [2.05, 4.69) is 5.32 Å². The normalized spacial score (nSPS) is 27.0. The van der Waals surface area contributed by atoms with Crippen LogP contribution in [-0.4, -0.2) is 46.9 Å². The summed E-state index contributed by atoms with van der Waals surface area (Å²) in [6, 6.07) is 0. The summed E-state index contributed by atoms with van der Waals surface area (Å²) >= 11 is 0. The number of carbonyl (C=O) groups is 2. The fourth-order valence-electron chi connectivity index (χ4n) is 3.27. The number of amides is 2. The Morgan fingerprint density at radius 2 is 1.65 bits per heavy atom. The van der Waals surface area contributed by atoms with Crippen LogP contribution in [-0.2, 0) is 9.47 Å². The fraction of sp³-hybridized carbons (Fsp3) is 0.882. The van der Waals surface area contributed by atoms with Crippen LogP contribution in [0.25, 0.3) is 0 Å². The highest BCUT2D eigenvalue weighted by atomic mass is 16.6. The molecule has 132 valence electrons. The molecule has 0 atom stereocenters. The van der Waals surface area contributed by atoms with Gasteiger partial charge in [0.2, 0.25) is 0 Å². The second kappa shape index (κ2) is 5.87. The van der Waals surface area contributed by atoms with E-state index in [9.17, 15) is 9.59 Å². The number of hydrogen-bond donors (Lipinski definition) is 1. The maximum absolute atomic E-state index is 12.2. The van der Waals surface area contributed by atoms with E-state index < -0.39 is 11.2 Å². The van der Waals surface area contributed by atoms with E-state index >= 15 is 0 Å². The zero-order chi connectivity index (χ0) is 17.5. The molecule has 0 aromatic carbocycles. The van der Waals surface area contributed by atoms with E-state index in [0.29, 0.717) is 12.5 Å². The molecule has 1 saturated heterocycles. The molecule has 1 heterocycles. The van der Waals surface area contributed by atoms with Crippen molar-refractivity contribution in [3.63, 3.8) is 0 Å². The van der Waals surface area contributed by atoms with Crippen LogP contribution in [0.5, 0.6) is 0 Å². The molecule has 0 aromatic rings. The zero-order valence-corrected chi connectivity index (χ0v) is 15.2. The van der Waals surface area contributed by atoms with E-state index in [0.717, 1.165) is 25.8 Å². The van der Waals surface area contributed by atoms with Gasteiger partial charge in [0.1, 0.15) is 11.2 Å². The smallest absolute Gasteiger partial charge is 0.410 e. The van der Waals surface area contributed by atoms with Crippen LogP contribution in [0.1, 0.15) is 60.8 Å².